The van der Waals surface area contributed by atoms with Crippen molar-refractivity contribution in [2.75, 3.05) is 24.5 Å². The maximum absolute atomic E-state index is 10.8. The van der Waals surface area contributed by atoms with Gasteiger partial charge in [-0.05, 0) is 44.4 Å². The van der Waals surface area contributed by atoms with Crippen LogP contribution in [0.1, 0.15) is 30.9 Å². The summed E-state index contributed by atoms with van der Waals surface area (Å²) in [6.45, 7) is 6.36. The van der Waals surface area contributed by atoms with Gasteiger partial charge in [-0.1, -0.05) is 29.8 Å². The van der Waals surface area contributed by atoms with Gasteiger partial charge in [-0.2, -0.15) is 5.10 Å². The van der Waals surface area contributed by atoms with Gasteiger partial charge in [0.15, 0.2) is 5.82 Å². The Morgan fingerprint density at radius 2 is 2.08 bits per heavy atom. The molecule has 128 valence electrons. The van der Waals surface area contributed by atoms with E-state index < -0.39 is 5.60 Å². The first-order chi connectivity index (χ1) is 11.5. The highest BCUT2D eigenvalue weighted by atomic mass is 16.3. The summed E-state index contributed by atoms with van der Waals surface area (Å²) in [7, 11) is 0. The number of benzene rings is 1. The van der Waals surface area contributed by atoms with E-state index in [0.29, 0.717) is 12.6 Å². The molecule has 0 spiro atoms. The van der Waals surface area contributed by atoms with Crippen LogP contribution < -0.4 is 10.2 Å². The third-order valence-corrected chi connectivity index (χ3v) is 4.71. The molecule has 0 aliphatic carbocycles. The monoisotopic (exact) mass is 326 g/mol. The Balaban J connectivity index is 1.58. The number of nitrogens with one attached hydrogen (secondary N) is 1. The van der Waals surface area contributed by atoms with Gasteiger partial charge in [0.05, 0.1) is 5.60 Å². The number of hydrogen-bond donors (Lipinski definition) is 2. The quantitative estimate of drug-likeness (QED) is 0.882. The standard InChI is InChI=1S/C19H26N4O/c1-15-7-9-16(10-8-15)19(2,24)14-20-17-5-4-12-23(13-17)18-6-3-11-21-22-18/h3,6-11,17,20,24H,4-5,12-14H2,1-2H3/t17-,19-/m0/s1. The lowest BCUT2D eigenvalue weighted by molar-refractivity contribution is 0.0532. The minimum atomic E-state index is -0.872. The van der Waals surface area contributed by atoms with Gasteiger partial charge in [0.2, 0.25) is 0 Å². The lowest BCUT2D eigenvalue weighted by Gasteiger charge is -2.35. The predicted octanol–water partition coefficient (Wildman–Crippen LogP) is 2.25. The Hall–Kier alpha value is -1.98. The molecule has 2 aromatic rings. The van der Waals surface area contributed by atoms with Crippen LogP contribution >= 0.6 is 0 Å². The van der Waals surface area contributed by atoms with Crippen LogP contribution in [0.25, 0.3) is 0 Å². The number of piperidine rings is 1. The molecule has 5 heteroatoms. The summed E-state index contributed by atoms with van der Waals surface area (Å²) in [6.07, 6.45) is 3.92. The topological polar surface area (TPSA) is 61.3 Å². The zero-order valence-corrected chi connectivity index (χ0v) is 14.4. The number of aromatic nitrogens is 2. The van der Waals surface area contributed by atoms with Gasteiger partial charge < -0.3 is 15.3 Å². The van der Waals surface area contributed by atoms with Crippen molar-refractivity contribution in [3.05, 3.63) is 53.7 Å². The number of anilines is 1. The summed E-state index contributed by atoms with van der Waals surface area (Å²) in [6, 6.07) is 12.4. The van der Waals surface area contributed by atoms with Crippen molar-refractivity contribution in [1.29, 1.82) is 0 Å². The molecule has 1 fully saturated rings. The zero-order valence-electron chi connectivity index (χ0n) is 14.4. The van der Waals surface area contributed by atoms with Gasteiger partial charge in [-0.15, -0.1) is 5.10 Å². The Kier molecular flexibility index (Phi) is 5.11. The average Bonchev–Trinajstić information content (AvgIpc) is 2.61. The Labute approximate surface area is 143 Å². The van der Waals surface area contributed by atoms with E-state index in [0.717, 1.165) is 37.3 Å². The maximum atomic E-state index is 10.8. The molecule has 1 aliphatic rings. The number of aliphatic hydroxyl groups is 1. The van der Waals surface area contributed by atoms with Crippen molar-refractivity contribution in [3.63, 3.8) is 0 Å². The molecule has 1 saturated heterocycles. The molecular weight excluding hydrogens is 300 g/mol. The van der Waals surface area contributed by atoms with Gasteiger partial charge in [-0.3, -0.25) is 0 Å². The van der Waals surface area contributed by atoms with Crippen molar-refractivity contribution in [2.24, 2.45) is 0 Å². The summed E-state index contributed by atoms with van der Waals surface area (Å²) in [5.74, 6) is 0.925. The Morgan fingerprint density at radius 1 is 1.29 bits per heavy atom. The second-order valence-corrected chi connectivity index (χ2v) is 6.89. The van der Waals surface area contributed by atoms with Gasteiger partial charge in [0.25, 0.3) is 0 Å². The molecule has 2 N–H and O–H groups in total. The van der Waals surface area contributed by atoms with E-state index in [1.807, 2.05) is 43.3 Å². The summed E-state index contributed by atoms with van der Waals surface area (Å²) >= 11 is 0. The first kappa shape index (κ1) is 16.9. The van der Waals surface area contributed by atoms with Gasteiger partial charge in [0, 0.05) is 31.9 Å². The van der Waals surface area contributed by atoms with Crippen LogP contribution in [0.3, 0.4) is 0 Å². The van der Waals surface area contributed by atoms with Crippen molar-refractivity contribution in [1.82, 2.24) is 15.5 Å². The fraction of sp³-hybridized carbons (Fsp3) is 0.474. The van der Waals surface area contributed by atoms with E-state index in [1.54, 1.807) is 6.20 Å². The molecule has 1 aliphatic heterocycles. The number of hydrogen-bond acceptors (Lipinski definition) is 5. The molecule has 2 heterocycles. The fourth-order valence-corrected chi connectivity index (χ4v) is 3.17. The van der Waals surface area contributed by atoms with E-state index in [2.05, 4.69) is 27.3 Å². The Bertz CT molecular complexity index is 642. The molecule has 2 atom stereocenters. The highest BCUT2D eigenvalue weighted by molar-refractivity contribution is 5.37. The number of aryl methyl sites for hydroxylation is 1. The lowest BCUT2D eigenvalue weighted by Crippen LogP contribution is -2.49. The van der Waals surface area contributed by atoms with Crippen molar-refractivity contribution in [3.8, 4) is 0 Å². The van der Waals surface area contributed by atoms with Crippen molar-refractivity contribution < 1.29 is 5.11 Å². The van der Waals surface area contributed by atoms with Crippen LogP contribution in [-0.2, 0) is 5.60 Å². The number of rotatable bonds is 5. The second kappa shape index (κ2) is 7.28. The van der Waals surface area contributed by atoms with E-state index in [1.165, 1.54) is 5.56 Å². The summed E-state index contributed by atoms with van der Waals surface area (Å²) in [5.41, 5.74) is 1.28. The lowest BCUT2D eigenvalue weighted by atomic mass is 9.94. The van der Waals surface area contributed by atoms with Crippen molar-refractivity contribution >= 4 is 5.82 Å². The minimum absolute atomic E-state index is 0.345. The molecule has 0 amide bonds. The zero-order chi connectivity index (χ0) is 17.0. The molecule has 24 heavy (non-hydrogen) atoms. The molecule has 5 nitrogen and oxygen atoms in total. The SMILES string of the molecule is Cc1ccc([C@@](C)(O)CN[C@H]2CCCN(c3cccnn3)C2)cc1. The molecule has 0 unspecified atom stereocenters. The second-order valence-electron chi connectivity index (χ2n) is 6.89. The molecule has 1 aromatic heterocycles. The number of nitrogens with zero attached hydrogens (tertiary/aromatic N) is 3. The third-order valence-electron chi connectivity index (χ3n) is 4.71. The van der Waals surface area contributed by atoms with Crippen molar-refractivity contribution in [2.45, 2.75) is 38.3 Å². The normalized spacial score (nSPS) is 20.6. The fourth-order valence-electron chi connectivity index (χ4n) is 3.17. The Morgan fingerprint density at radius 3 is 2.79 bits per heavy atom. The van der Waals surface area contributed by atoms with E-state index in [9.17, 15) is 5.11 Å². The van der Waals surface area contributed by atoms with Crippen LogP contribution in [-0.4, -0.2) is 41.0 Å². The van der Waals surface area contributed by atoms with Gasteiger partial charge in [-0.25, -0.2) is 0 Å². The van der Waals surface area contributed by atoms with Gasteiger partial charge in [0.1, 0.15) is 0 Å². The molecule has 0 saturated carbocycles. The van der Waals surface area contributed by atoms with Crippen LogP contribution in [0.5, 0.6) is 0 Å². The molecular formula is C19H26N4O. The molecule has 1 aromatic carbocycles. The average molecular weight is 326 g/mol. The molecule has 0 bridgehead atoms. The third kappa shape index (κ3) is 4.10. The van der Waals surface area contributed by atoms with Gasteiger partial charge >= 0.3 is 0 Å². The summed E-state index contributed by atoms with van der Waals surface area (Å²) in [5, 5.41) is 22.5. The smallest absolute Gasteiger partial charge is 0.151 e. The van der Waals surface area contributed by atoms with Crippen LogP contribution in [0.4, 0.5) is 5.82 Å². The highest BCUT2D eigenvalue weighted by Crippen LogP contribution is 2.22. The summed E-state index contributed by atoms with van der Waals surface area (Å²) < 4.78 is 0. The van der Waals surface area contributed by atoms with Crippen LogP contribution in [0.15, 0.2) is 42.6 Å². The maximum Gasteiger partial charge on any atom is 0.151 e. The minimum Gasteiger partial charge on any atom is -0.384 e. The summed E-state index contributed by atoms with van der Waals surface area (Å²) in [4.78, 5) is 2.26. The van der Waals surface area contributed by atoms with Crippen LogP contribution in [0, 0.1) is 6.92 Å². The predicted molar refractivity (Wildman–Crippen MR) is 96.0 cm³/mol. The van der Waals surface area contributed by atoms with Crippen LogP contribution in [0.2, 0.25) is 0 Å². The molecule has 3 rings (SSSR count). The largest absolute Gasteiger partial charge is 0.384 e. The van der Waals surface area contributed by atoms with E-state index in [4.69, 9.17) is 0 Å². The first-order valence-electron chi connectivity index (χ1n) is 8.60. The molecule has 0 radical (unpaired) electrons. The highest BCUT2D eigenvalue weighted by Gasteiger charge is 2.26. The first-order valence-corrected chi connectivity index (χ1v) is 8.60. The van der Waals surface area contributed by atoms with E-state index in [-0.39, 0.29) is 0 Å². The van der Waals surface area contributed by atoms with E-state index >= 15 is 0 Å².